The Labute approximate surface area is 243 Å². The molecule has 0 fully saturated rings. The highest BCUT2D eigenvalue weighted by atomic mass is 79.9. The zero-order valence-electron chi connectivity index (χ0n) is 21.7. The number of aryl methyl sites for hydroxylation is 1. The number of carbonyl (C=O) groups is 2. The Kier molecular flexibility index (Phi) is 12.0. The Morgan fingerprint density at radius 2 is 1.76 bits per heavy atom. The summed E-state index contributed by atoms with van der Waals surface area (Å²) in [4.78, 5) is 28.8. The number of nitrogens with one attached hydrogen (secondary N) is 1. The highest BCUT2D eigenvalue weighted by Crippen LogP contribution is 2.27. The summed E-state index contributed by atoms with van der Waals surface area (Å²) >= 11 is 16.1. The Balaban J connectivity index is 1.92. The summed E-state index contributed by atoms with van der Waals surface area (Å²) in [7, 11) is 0. The normalized spacial score (nSPS) is 11.6. The predicted octanol–water partition coefficient (Wildman–Crippen LogP) is 7.25. The molecule has 0 aliphatic carbocycles. The second kappa shape index (κ2) is 15.2. The van der Waals surface area contributed by atoms with E-state index in [2.05, 4.69) is 35.1 Å². The summed E-state index contributed by atoms with van der Waals surface area (Å²) in [6.07, 6.45) is 3.05. The third-order valence-electron chi connectivity index (χ3n) is 6.21. The summed E-state index contributed by atoms with van der Waals surface area (Å²) in [6.45, 7) is 4.58. The fourth-order valence-electron chi connectivity index (χ4n) is 4.00. The minimum Gasteiger partial charge on any atom is -0.483 e. The number of hydrogen-bond donors (Lipinski definition) is 1. The largest absolute Gasteiger partial charge is 0.483 e. The highest BCUT2D eigenvalue weighted by molar-refractivity contribution is 9.10. The number of unbranched alkanes of at least 4 members (excludes halogenated alkanes) is 1. The van der Waals surface area contributed by atoms with Crippen molar-refractivity contribution in [1.29, 1.82) is 0 Å². The van der Waals surface area contributed by atoms with Crippen LogP contribution >= 0.6 is 39.1 Å². The van der Waals surface area contributed by atoms with Gasteiger partial charge in [-0.1, -0.05) is 85.9 Å². The van der Waals surface area contributed by atoms with Crippen LogP contribution in [0, 0.1) is 0 Å². The van der Waals surface area contributed by atoms with E-state index in [1.807, 2.05) is 48.5 Å². The van der Waals surface area contributed by atoms with Crippen molar-refractivity contribution in [3.05, 3.63) is 97.9 Å². The van der Waals surface area contributed by atoms with Crippen molar-refractivity contribution in [2.45, 2.75) is 52.1 Å². The van der Waals surface area contributed by atoms with Crippen LogP contribution in [0.2, 0.25) is 10.0 Å². The number of nitrogens with zero attached hydrogens (tertiary/aromatic N) is 1. The zero-order valence-corrected chi connectivity index (χ0v) is 24.8. The summed E-state index contributed by atoms with van der Waals surface area (Å²) < 4.78 is 6.69. The number of carbonyl (C=O) groups excluding carboxylic acids is 2. The van der Waals surface area contributed by atoms with E-state index in [1.54, 1.807) is 23.1 Å². The van der Waals surface area contributed by atoms with Gasteiger partial charge in [-0.15, -0.1) is 0 Å². The Morgan fingerprint density at radius 1 is 1.00 bits per heavy atom. The molecule has 8 heteroatoms. The number of rotatable bonds is 13. The van der Waals surface area contributed by atoms with E-state index < -0.39 is 6.04 Å². The lowest BCUT2D eigenvalue weighted by atomic mass is 10.0. The minimum absolute atomic E-state index is 0.132. The number of amides is 2. The number of halogens is 3. The molecule has 0 spiro atoms. The van der Waals surface area contributed by atoms with E-state index in [1.165, 1.54) is 0 Å². The molecule has 0 radical (unpaired) electrons. The SMILES string of the molecule is CCCCNC(=O)[C@H](Cc1ccccc1)N(Cc1ccc(Cl)cc1Cl)C(=O)COc1ccc(CC)cc1Br. The first-order valence-electron chi connectivity index (χ1n) is 12.8. The van der Waals surface area contributed by atoms with Crippen LogP contribution in [-0.4, -0.2) is 35.9 Å². The molecule has 0 bridgehead atoms. The van der Waals surface area contributed by atoms with Gasteiger partial charge >= 0.3 is 0 Å². The molecule has 0 aliphatic heterocycles. The smallest absolute Gasteiger partial charge is 0.261 e. The van der Waals surface area contributed by atoms with E-state index in [-0.39, 0.29) is 25.0 Å². The second-order valence-corrected chi connectivity index (χ2v) is 10.7. The molecule has 0 aliphatic rings. The predicted molar refractivity (Wildman–Crippen MR) is 158 cm³/mol. The second-order valence-electron chi connectivity index (χ2n) is 9.01. The summed E-state index contributed by atoms with van der Waals surface area (Å²) in [5, 5.41) is 3.94. The van der Waals surface area contributed by atoms with Gasteiger partial charge in [-0.05, 0) is 69.7 Å². The van der Waals surface area contributed by atoms with E-state index in [4.69, 9.17) is 27.9 Å². The van der Waals surface area contributed by atoms with Crippen molar-refractivity contribution in [3.63, 3.8) is 0 Å². The third kappa shape index (κ3) is 8.75. The van der Waals surface area contributed by atoms with Gasteiger partial charge in [0.05, 0.1) is 4.47 Å². The first-order chi connectivity index (χ1) is 18.3. The van der Waals surface area contributed by atoms with Crippen LogP contribution in [0.25, 0.3) is 0 Å². The van der Waals surface area contributed by atoms with Gasteiger partial charge < -0.3 is 15.0 Å². The van der Waals surface area contributed by atoms with E-state index in [0.29, 0.717) is 34.3 Å². The quantitative estimate of drug-likeness (QED) is 0.205. The van der Waals surface area contributed by atoms with Crippen molar-refractivity contribution in [1.82, 2.24) is 10.2 Å². The van der Waals surface area contributed by atoms with Crippen LogP contribution in [0.3, 0.4) is 0 Å². The van der Waals surface area contributed by atoms with Crippen LogP contribution in [0.4, 0.5) is 0 Å². The Bertz CT molecular complexity index is 1220. The van der Waals surface area contributed by atoms with Gasteiger partial charge in [-0.2, -0.15) is 0 Å². The molecule has 2 amide bonds. The van der Waals surface area contributed by atoms with Crippen molar-refractivity contribution in [3.8, 4) is 5.75 Å². The molecule has 3 rings (SSSR count). The van der Waals surface area contributed by atoms with E-state index >= 15 is 0 Å². The molecular weight excluding hydrogens is 587 g/mol. The maximum absolute atomic E-state index is 13.7. The van der Waals surface area contributed by atoms with E-state index in [9.17, 15) is 9.59 Å². The molecule has 0 heterocycles. The first-order valence-corrected chi connectivity index (χ1v) is 14.3. The average molecular weight is 620 g/mol. The molecule has 1 N–H and O–H groups in total. The van der Waals surface area contributed by atoms with Crippen molar-refractivity contribution in [2.75, 3.05) is 13.2 Å². The van der Waals surface area contributed by atoms with Crippen LogP contribution in [-0.2, 0) is 29.0 Å². The van der Waals surface area contributed by atoms with Gasteiger partial charge in [-0.3, -0.25) is 9.59 Å². The number of benzene rings is 3. The van der Waals surface area contributed by atoms with Crippen molar-refractivity contribution in [2.24, 2.45) is 0 Å². The van der Waals surface area contributed by atoms with E-state index in [0.717, 1.165) is 34.9 Å². The van der Waals surface area contributed by atoms with Gasteiger partial charge in [0.2, 0.25) is 5.91 Å². The molecule has 38 heavy (non-hydrogen) atoms. The lowest BCUT2D eigenvalue weighted by Crippen LogP contribution is -2.51. The molecule has 0 aromatic heterocycles. The molecule has 5 nitrogen and oxygen atoms in total. The summed E-state index contributed by atoms with van der Waals surface area (Å²) in [5.74, 6) is 0.0234. The van der Waals surface area contributed by atoms with Crippen molar-refractivity contribution < 1.29 is 14.3 Å². The van der Waals surface area contributed by atoms with Gasteiger partial charge in [0.25, 0.3) is 5.91 Å². The first kappa shape index (κ1) is 30.0. The molecule has 3 aromatic rings. The van der Waals surface area contributed by atoms with Gasteiger partial charge in [0.1, 0.15) is 11.8 Å². The van der Waals surface area contributed by atoms with Gasteiger partial charge in [0, 0.05) is 29.6 Å². The van der Waals surface area contributed by atoms with Gasteiger partial charge in [0.15, 0.2) is 6.61 Å². The topological polar surface area (TPSA) is 58.6 Å². The molecule has 0 unspecified atom stereocenters. The Hall–Kier alpha value is -2.54. The van der Waals surface area contributed by atoms with Crippen LogP contribution < -0.4 is 10.1 Å². The zero-order chi connectivity index (χ0) is 27.5. The monoisotopic (exact) mass is 618 g/mol. The fraction of sp³-hybridized carbons (Fsp3) is 0.333. The van der Waals surface area contributed by atoms with Crippen LogP contribution in [0.1, 0.15) is 43.4 Å². The minimum atomic E-state index is -0.761. The number of ether oxygens (including phenoxy) is 1. The summed E-state index contributed by atoms with van der Waals surface area (Å²) in [6, 6.07) is 19.8. The van der Waals surface area contributed by atoms with Crippen LogP contribution in [0.5, 0.6) is 5.75 Å². The number of hydrogen-bond acceptors (Lipinski definition) is 3. The molecule has 0 saturated heterocycles. The standard InChI is InChI=1S/C30H33BrCl2N2O3/c1-3-5-15-34-30(37)27(17-22-9-7-6-8-10-22)35(19-23-12-13-24(32)18-26(23)33)29(36)20-38-28-14-11-21(4-2)16-25(28)31/h6-14,16,18,27H,3-5,15,17,19-20H2,1-2H3,(H,34,37)/t27-/m0/s1. The maximum atomic E-state index is 13.7. The lowest BCUT2D eigenvalue weighted by Gasteiger charge is -2.32. The maximum Gasteiger partial charge on any atom is 0.261 e. The molecule has 202 valence electrons. The lowest BCUT2D eigenvalue weighted by molar-refractivity contribution is -0.142. The molecule has 3 aromatic carbocycles. The molecular formula is C30H33BrCl2N2O3. The fourth-order valence-corrected chi connectivity index (χ4v) is 5.01. The highest BCUT2D eigenvalue weighted by Gasteiger charge is 2.31. The Morgan fingerprint density at radius 3 is 2.42 bits per heavy atom. The molecule has 1 atom stereocenters. The third-order valence-corrected chi connectivity index (χ3v) is 7.42. The molecule has 0 saturated carbocycles. The average Bonchev–Trinajstić information content (AvgIpc) is 2.91. The van der Waals surface area contributed by atoms with Gasteiger partial charge in [-0.25, -0.2) is 0 Å². The summed E-state index contributed by atoms with van der Waals surface area (Å²) in [5.41, 5.74) is 2.79. The van der Waals surface area contributed by atoms with Crippen molar-refractivity contribution >= 4 is 50.9 Å². The van der Waals surface area contributed by atoms with Crippen LogP contribution in [0.15, 0.2) is 71.2 Å².